The SMILES string of the molecule is CCCCCCCCCCCC[n+]1ccc(C(=O)c2cccc3ccccc23)cc1N. The molecule has 0 aliphatic rings. The van der Waals surface area contributed by atoms with E-state index >= 15 is 0 Å². The van der Waals surface area contributed by atoms with Crippen LogP contribution in [0.4, 0.5) is 5.82 Å². The first-order valence-electron chi connectivity index (χ1n) is 12.0. The summed E-state index contributed by atoms with van der Waals surface area (Å²) in [4.78, 5) is 13.1. The van der Waals surface area contributed by atoms with Crippen molar-refractivity contribution in [3.05, 3.63) is 71.9 Å². The van der Waals surface area contributed by atoms with E-state index in [1.807, 2.05) is 60.8 Å². The van der Waals surface area contributed by atoms with Crippen LogP contribution in [0.3, 0.4) is 0 Å². The third-order valence-electron chi connectivity index (χ3n) is 6.12. The summed E-state index contributed by atoms with van der Waals surface area (Å²) in [7, 11) is 0. The normalized spacial score (nSPS) is 11.1. The molecule has 0 atom stereocenters. The van der Waals surface area contributed by atoms with Gasteiger partial charge in [0.1, 0.15) is 0 Å². The van der Waals surface area contributed by atoms with Gasteiger partial charge in [-0.25, -0.2) is 4.57 Å². The number of nitrogen functional groups attached to an aromatic ring is 1. The van der Waals surface area contributed by atoms with Gasteiger partial charge in [0.25, 0.3) is 5.82 Å². The highest BCUT2D eigenvalue weighted by Gasteiger charge is 2.15. The lowest BCUT2D eigenvalue weighted by Gasteiger charge is -2.08. The molecule has 164 valence electrons. The largest absolute Gasteiger partial charge is 0.289 e. The standard InChI is InChI=1S/C28H36N2O/c1-2-3-4-5-6-7-8-9-10-13-20-30-21-19-24(22-27(30)29)28(31)26-18-14-16-23-15-11-12-17-25(23)26/h11-12,14-19,21-22,29H,2-10,13,20H2,1H3/p+1. The Morgan fingerprint density at radius 2 is 1.45 bits per heavy atom. The quantitative estimate of drug-likeness (QED) is 0.187. The van der Waals surface area contributed by atoms with Crippen LogP contribution in [0.15, 0.2) is 60.8 Å². The number of hydrogen-bond acceptors (Lipinski definition) is 2. The Morgan fingerprint density at radius 3 is 2.16 bits per heavy atom. The number of ketones is 1. The van der Waals surface area contributed by atoms with E-state index < -0.39 is 0 Å². The van der Waals surface area contributed by atoms with Crippen LogP contribution in [-0.2, 0) is 6.54 Å². The van der Waals surface area contributed by atoms with Crippen LogP contribution >= 0.6 is 0 Å². The van der Waals surface area contributed by atoms with Crippen LogP contribution < -0.4 is 10.3 Å². The lowest BCUT2D eigenvalue weighted by atomic mass is 9.98. The summed E-state index contributed by atoms with van der Waals surface area (Å²) in [6.07, 6.45) is 15.2. The number of rotatable bonds is 13. The highest BCUT2D eigenvalue weighted by Crippen LogP contribution is 2.21. The topological polar surface area (TPSA) is 47.0 Å². The molecular weight excluding hydrogens is 380 g/mol. The molecule has 0 radical (unpaired) electrons. The van der Waals surface area contributed by atoms with Gasteiger partial charge in [0.05, 0.1) is 12.7 Å². The number of aromatic nitrogens is 1. The molecule has 0 saturated heterocycles. The van der Waals surface area contributed by atoms with Gasteiger partial charge in [0, 0.05) is 17.2 Å². The van der Waals surface area contributed by atoms with Crippen LogP contribution in [-0.4, -0.2) is 5.78 Å². The number of pyridine rings is 1. The fraction of sp³-hybridized carbons (Fsp3) is 0.429. The van der Waals surface area contributed by atoms with Crippen molar-refractivity contribution in [3.8, 4) is 0 Å². The van der Waals surface area contributed by atoms with Crippen molar-refractivity contribution in [1.82, 2.24) is 0 Å². The molecule has 2 aromatic carbocycles. The van der Waals surface area contributed by atoms with Crippen molar-refractivity contribution >= 4 is 22.4 Å². The van der Waals surface area contributed by atoms with E-state index in [1.165, 1.54) is 57.8 Å². The lowest BCUT2D eigenvalue weighted by Crippen LogP contribution is -2.37. The van der Waals surface area contributed by atoms with E-state index in [-0.39, 0.29) is 5.78 Å². The molecule has 1 aromatic heterocycles. The van der Waals surface area contributed by atoms with E-state index in [9.17, 15) is 4.79 Å². The van der Waals surface area contributed by atoms with Gasteiger partial charge in [0.15, 0.2) is 5.78 Å². The zero-order valence-electron chi connectivity index (χ0n) is 19.0. The molecule has 0 unspecified atom stereocenters. The number of carbonyl (C=O) groups is 1. The molecule has 3 rings (SSSR count). The first-order valence-corrected chi connectivity index (χ1v) is 12.0. The van der Waals surface area contributed by atoms with Crippen LogP contribution in [0.1, 0.15) is 87.1 Å². The van der Waals surface area contributed by atoms with E-state index in [1.54, 1.807) is 0 Å². The average Bonchev–Trinajstić information content (AvgIpc) is 2.80. The second kappa shape index (κ2) is 12.2. The Labute approximate surface area is 187 Å². The zero-order valence-corrected chi connectivity index (χ0v) is 19.0. The maximum absolute atomic E-state index is 13.1. The predicted octanol–water partition coefficient (Wildman–Crippen LogP) is 6.86. The number of aryl methyl sites for hydroxylation is 1. The maximum atomic E-state index is 13.1. The minimum atomic E-state index is 0.0228. The summed E-state index contributed by atoms with van der Waals surface area (Å²) in [5.41, 5.74) is 7.65. The summed E-state index contributed by atoms with van der Waals surface area (Å²) in [6, 6.07) is 17.6. The number of unbranched alkanes of at least 4 members (excludes halogenated alkanes) is 9. The molecule has 0 amide bonds. The van der Waals surface area contributed by atoms with E-state index in [2.05, 4.69) is 11.5 Å². The fourth-order valence-electron chi connectivity index (χ4n) is 4.24. The van der Waals surface area contributed by atoms with E-state index in [4.69, 9.17) is 5.73 Å². The Kier molecular flexibility index (Phi) is 9.08. The maximum Gasteiger partial charge on any atom is 0.272 e. The monoisotopic (exact) mass is 417 g/mol. The van der Waals surface area contributed by atoms with Crippen molar-refractivity contribution in [1.29, 1.82) is 0 Å². The summed E-state index contributed by atoms with van der Waals surface area (Å²) >= 11 is 0. The minimum absolute atomic E-state index is 0.0228. The van der Waals surface area contributed by atoms with Crippen LogP contribution in [0.25, 0.3) is 10.8 Å². The zero-order chi connectivity index (χ0) is 21.9. The van der Waals surface area contributed by atoms with Gasteiger partial charge in [-0.05, 0) is 29.7 Å². The van der Waals surface area contributed by atoms with Gasteiger partial charge in [-0.3, -0.25) is 10.5 Å². The smallest absolute Gasteiger partial charge is 0.272 e. The Morgan fingerprint density at radius 1 is 0.806 bits per heavy atom. The molecule has 31 heavy (non-hydrogen) atoms. The average molecular weight is 418 g/mol. The molecule has 3 nitrogen and oxygen atoms in total. The summed E-state index contributed by atoms with van der Waals surface area (Å²) < 4.78 is 2.06. The van der Waals surface area contributed by atoms with Crippen molar-refractivity contribution in [3.63, 3.8) is 0 Å². The molecule has 0 spiro atoms. The van der Waals surface area contributed by atoms with Gasteiger partial charge >= 0.3 is 0 Å². The number of carbonyl (C=O) groups excluding carboxylic acids is 1. The van der Waals surface area contributed by atoms with E-state index in [0.717, 1.165) is 29.3 Å². The van der Waals surface area contributed by atoms with Crippen molar-refractivity contribution < 1.29 is 9.36 Å². The lowest BCUT2D eigenvalue weighted by molar-refractivity contribution is -0.683. The molecule has 3 heteroatoms. The van der Waals surface area contributed by atoms with Crippen LogP contribution in [0.2, 0.25) is 0 Å². The summed E-state index contributed by atoms with van der Waals surface area (Å²) in [5.74, 6) is 0.677. The summed E-state index contributed by atoms with van der Waals surface area (Å²) in [6.45, 7) is 3.17. The molecule has 0 bridgehead atoms. The number of nitrogens with zero attached hydrogens (tertiary/aromatic N) is 1. The molecular formula is C28H37N2O+. The first-order chi connectivity index (χ1) is 15.2. The molecule has 3 aromatic rings. The third-order valence-corrected chi connectivity index (χ3v) is 6.12. The van der Waals surface area contributed by atoms with Crippen LogP contribution in [0.5, 0.6) is 0 Å². The second-order valence-corrected chi connectivity index (χ2v) is 8.57. The van der Waals surface area contributed by atoms with Crippen molar-refractivity contribution in [2.45, 2.75) is 77.7 Å². The number of nitrogens with two attached hydrogens (primary N) is 1. The van der Waals surface area contributed by atoms with Gasteiger partial charge in [-0.2, -0.15) is 0 Å². The van der Waals surface area contributed by atoms with Gasteiger partial charge < -0.3 is 0 Å². The highest BCUT2D eigenvalue weighted by molar-refractivity contribution is 6.16. The molecule has 2 N–H and O–H groups in total. The van der Waals surface area contributed by atoms with Gasteiger partial charge in [-0.15, -0.1) is 0 Å². The molecule has 0 saturated carbocycles. The molecule has 0 aliphatic carbocycles. The Balaban J connectivity index is 1.48. The molecule has 1 heterocycles. The number of hydrogen-bond donors (Lipinski definition) is 1. The fourth-order valence-corrected chi connectivity index (χ4v) is 4.24. The Hall–Kier alpha value is -2.68. The Bertz CT molecular complexity index is 974. The molecule has 0 aliphatic heterocycles. The van der Waals surface area contributed by atoms with Crippen molar-refractivity contribution in [2.24, 2.45) is 0 Å². The third kappa shape index (κ3) is 6.65. The predicted molar refractivity (Wildman–Crippen MR) is 130 cm³/mol. The van der Waals surface area contributed by atoms with Crippen molar-refractivity contribution in [2.75, 3.05) is 5.73 Å². The van der Waals surface area contributed by atoms with Gasteiger partial charge in [-0.1, -0.05) is 101 Å². The number of benzene rings is 2. The highest BCUT2D eigenvalue weighted by atomic mass is 16.1. The minimum Gasteiger partial charge on any atom is -0.289 e. The number of fused-ring (bicyclic) bond motifs is 1. The first kappa shape index (κ1) is 23.0. The number of anilines is 1. The van der Waals surface area contributed by atoms with Crippen LogP contribution in [0, 0.1) is 0 Å². The second-order valence-electron chi connectivity index (χ2n) is 8.57. The van der Waals surface area contributed by atoms with E-state index in [0.29, 0.717) is 11.4 Å². The summed E-state index contributed by atoms with van der Waals surface area (Å²) in [5, 5.41) is 2.06. The van der Waals surface area contributed by atoms with Gasteiger partial charge in [0.2, 0.25) is 0 Å². The molecule has 0 fully saturated rings.